The van der Waals surface area contributed by atoms with Crippen LogP contribution in [0.5, 0.6) is 0 Å². The van der Waals surface area contributed by atoms with Crippen LogP contribution in [0.1, 0.15) is 49.2 Å². The first-order chi connectivity index (χ1) is 10.2. The predicted molar refractivity (Wildman–Crippen MR) is 86.1 cm³/mol. The minimum absolute atomic E-state index is 0.0876. The standard InChI is InChI=1S/C16H24N2O2S/c1-12-17-14(11-21-12)7-8-16(20)18-15(9-10-19)13-5-3-2-4-6-13/h7-8,11,13,15,19H,2-6,9-10H2,1H3,(H,18,20)/b8-7+. The molecule has 21 heavy (non-hydrogen) atoms. The largest absolute Gasteiger partial charge is 0.396 e. The summed E-state index contributed by atoms with van der Waals surface area (Å²) in [7, 11) is 0. The Hall–Kier alpha value is -1.20. The van der Waals surface area contributed by atoms with Gasteiger partial charge >= 0.3 is 0 Å². The Morgan fingerprint density at radius 2 is 2.29 bits per heavy atom. The smallest absolute Gasteiger partial charge is 0.244 e. The van der Waals surface area contributed by atoms with E-state index in [1.54, 1.807) is 23.5 Å². The molecule has 1 unspecified atom stereocenters. The monoisotopic (exact) mass is 308 g/mol. The summed E-state index contributed by atoms with van der Waals surface area (Å²) in [6.07, 6.45) is 9.99. The molecule has 1 aliphatic rings. The highest BCUT2D eigenvalue weighted by molar-refractivity contribution is 7.09. The highest BCUT2D eigenvalue weighted by Gasteiger charge is 2.24. The molecule has 1 saturated carbocycles. The van der Waals surface area contributed by atoms with E-state index in [0.29, 0.717) is 12.3 Å². The van der Waals surface area contributed by atoms with Gasteiger partial charge in [0.05, 0.1) is 10.7 Å². The number of aromatic nitrogens is 1. The number of carbonyl (C=O) groups excluding carboxylic acids is 1. The molecule has 1 aromatic heterocycles. The molecule has 1 fully saturated rings. The number of carbonyl (C=O) groups is 1. The molecule has 1 heterocycles. The van der Waals surface area contributed by atoms with Crippen LogP contribution in [0.25, 0.3) is 6.08 Å². The van der Waals surface area contributed by atoms with Crippen molar-refractivity contribution in [1.29, 1.82) is 0 Å². The van der Waals surface area contributed by atoms with Gasteiger partial charge in [0.25, 0.3) is 0 Å². The average molecular weight is 308 g/mol. The average Bonchev–Trinajstić information content (AvgIpc) is 2.91. The second-order valence-electron chi connectivity index (χ2n) is 5.65. The predicted octanol–water partition coefficient (Wildman–Crippen LogP) is 2.91. The van der Waals surface area contributed by atoms with Gasteiger partial charge in [-0.2, -0.15) is 0 Å². The summed E-state index contributed by atoms with van der Waals surface area (Å²) in [6.45, 7) is 2.07. The van der Waals surface area contributed by atoms with E-state index in [1.165, 1.54) is 19.3 Å². The van der Waals surface area contributed by atoms with Gasteiger partial charge in [-0.05, 0) is 38.2 Å². The fourth-order valence-electron chi connectivity index (χ4n) is 2.95. The number of aryl methyl sites for hydroxylation is 1. The molecule has 1 aliphatic carbocycles. The van der Waals surface area contributed by atoms with Gasteiger partial charge in [0.15, 0.2) is 0 Å². The minimum atomic E-state index is -0.0929. The molecule has 1 amide bonds. The highest BCUT2D eigenvalue weighted by atomic mass is 32.1. The summed E-state index contributed by atoms with van der Waals surface area (Å²) in [5.74, 6) is 0.412. The van der Waals surface area contributed by atoms with Crippen LogP contribution in [0.2, 0.25) is 0 Å². The van der Waals surface area contributed by atoms with Gasteiger partial charge in [-0.25, -0.2) is 4.98 Å². The Bertz CT molecular complexity index is 478. The third kappa shape index (κ3) is 5.25. The number of hydrogen-bond acceptors (Lipinski definition) is 4. The fraction of sp³-hybridized carbons (Fsp3) is 0.625. The zero-order valence-corrected chi connectivity index (χ0v) is 13.4. The summed E-state index contributed by atoms with van der Waals surface area (Å²) in [5, 5.41) is 15.2. The molecule has 0 saturated heterocycles. The quantitative estimate of drug-likeness (QED) is 0.794. The Morgan fingerprint density at radius 3 is 2.90 bits per heavy atom. The molecule has 0 aromatic carbocycles. The van der Waals surface area contributed by atoms with Crippen molar-refractivity contribution < 1.29 is 9.90 Å². The van der Waals surface area contributed by atoms with E-state index in [9.17, 15) is 9.90 Å². The van der Waals surface area contributed by atoms with Crippen molar-refractivity contribution >= 4 is 23.3 Å². The van der Waals surface area contributed by atoms with Gasteiger partial charge < -0.3 is 10.4 Å². The number of aliphatic hydroxyl groups is 1. The first-order valence-corrected chi connectivity index (χ1v) is 8.58. The van der Waals surface area contributed by atoms with E-state index < -0.39 is 0 Å². The van der Waals surface area contributed by atoms with Gasteiger partial charge in [-0.15, -0.1) is 11.3 Å². The third-order valence-corrected chi connectivity index (χ3v) is 4.82. The van der Waals surface area contributed by atoms with Crippen LogP contribution < -0.4 is 5.32 Å². The first-order valence-electron chi connectivity index (χ1n) is 7.70. The van der Waals surface area contributed by atoms with E-state index >= 15 is 0 Å². The van der Waals surface area contributed by atoms with Crippen LogP contribution in [0.3, 0.4) is 0 Å². The van der Waals surface area contributed by atoms with Crippen LogP contribution >= 0.6 is 11.3 Å². The Labute approximate surface area is 130 Å². The second kappa shape index (κ2) is 8.29. The molecular formula is C16H24N2O2S. The fourth-order valence-corrected chi connectivity index (χ4v) is 3.53. The first kappa shape index (κ1) is 16.2. The second-order valence-corrected chi connectivity index (χ2v) is 6.71. The topological polar surface area (TPSA) is 62.2 Å². The summed E-state index contributed by atoms with van der Waals surface area (Å²) >= 11 is 1.57. The summed E-state index contributed by atoms with van der Waals surface area (Å²) in [5.41, 5.74) is 0.823. The van der Waals surface area contributed by atoms with Crippen molar-refractivity contribution in [2.75, 3.05) is 6.61 Å². The Kier molecular flexibility index (Phi) is 6.39. The van der Waals surface area contributed by atoms with E-state index in [1.807, 2.05) is 12.3 Å². The normalized spacial score (nSPS) is 18.0. The van der Waals surface area contributed by atoms with Crippen molar-refractivity contribution in [2.24, 2.45) is 5.92 Å². The molecule has 1 aromatic rings. The van der Waals surface area contributed by atoms with E-state index in [0.717, 1.165) is 23.5 Å². The van der Waals surface area contributed by atoms with Crippen molar-refractivity contribution in [2.45, 2.75) is 51.5 Å². The molecule has 0 spiro atoms. The van der Waals surface area contributed by atoms with Crippen molar-refractivity contribution in [3.05, 3.63) is 22.2 Å². The van der Waals surface area contributed by atoms with Crippen LogP contribution in [0.15, 0.2) is 11.5 Å². The summed E-state index contributed by atoms with van der Waals surface area (Å²) in [4.78, 5) is 16.3. The maximum absolute atomic E-state index is 12.0. The van der Waals surface area contributed by atoms with Crippen LogP contribution in [-0.4, -0.2) is 28.6 Å². The van der Waals surface area contributed by atoms with Gasteiger partial charge in [0.2, 0.25) is 5.91 Å². The molecule has 2 rings (SSSR count). The highest BCUT2D eigenvalue weighted by Crippen LogP contribution is 2.27. The van der Waals surface area contributed by atoms with Crippen molar-refractivity contribution in [1.82, 2.24) is 10.3 Å². The number of hydrogen-bond donors (Lipinski definition) is 2. The molecule has 0 radical (unpaired) electrons. The Balaban J connectivity index is 1.89. The van der Waals surface area contributed by atoms with Crippen molar-refractivity contribution in [3.8, 4) is 0 Å². The lowest BCUT2D eigenvalue weighted by Gasteiger charge is -2.30. The molecule has 0 bridgehead atoms. The lowest BCUT2D eigenvalue weighted by Crippen LogP contribution is -2.41. The molecule has 4 nitrogen and oxygen atoms in total. The van der Waals surface area contributed by atoms with Crippen LogP contribution in [0, 0.1) is 12.8 Å². The molecule has 1 atom stereocenters. The zero-order valence-electron chi connectivity index (χ0n) is 12.5. The maximum Gasteiger partial charge on any atom is 0.244 e. The van der Waals surface area contributed by atoms with Gasteiger partial charge in [0.1, 0.15) is 0 Å². The number of thiazole rings is 1. The lowest BCUT2D eigenvalue weighted by atomic mass is 9.82. The number of nitrogens with one attached hydrogen (secondary N) is 1. The summed E-state index contributed by atoms with van der Waals surface area (Å²) < 4.78 is 0. The van der Waals surface area contributed by atoms with Crippen molar-refractivity contribution in [3.63, 3.8) is 0 Å². The number of amides is 1. The maximum atomic E-state index is 12.0. The van der Waals surface area contributed by atoms with Gasteiger partial charge in [-0.1, -0.05) is 19.3 Å². The number of nitrogens with zero attached hydrogens (tertiary/aromatic N) is 1. The van der Waals surface area contributed by atoms with Gasteiger partial charge in [-0.3, -0.25) is 4.79 Å². The van der Waals surface area contributed by atoms with E-state index in [4.69, 9.17) is 0 Å². The van der Waals surface area contributed by atoms with E-state index in [-0.39, 0.29) is 18.6 Å². The number of aliphatic hydroxyl groups excluding tert-OH is 1. The van der Waals surface area contributed by atoms with Crippen LogP contribution in [-0.2, 0) is 4.79 Å². The minimum Gasteiger partial charge on any atom is -0.396 e. The lowest BCUT2D eigenvalue weighted by molar-refractivity contribution is -0.117. The molecular weight excluding hydrogens is 284 g/mol. The summed E-state index contributed by atoms with van der Waals surface area (Å²) in [6, 6.07) is 0.0876. The van der Waals surface area contributed by atoms with Gasteiger partial charge in [0, 0.05) is 24.1 Å². The molecule has 116 valence electrons. The third-order valence-electron chi connectivity index (χ3n) is 4.03. The van der Waals surface area contributed by atoms with E-state index in [2.05, 4.69) is 10.3 Å². The zero-order chi connectivity index (χ0) is 15.1. The Morgan fingerprint density at radius 1 is 1.52 bits per heavy atom. The van der Waals surface area contributed by atoms with Crippen LogP contribution in [0.4, 0.5) is 0 Å². The SMILES string of the molecule is Cc1nc(/C=C/C(=O)NC(CCO)C2CCCCC2)cs1. The molecule has 0 aliphatic heterocycles. The molecule has 5 heteroatoms. The molecule has 2 N–H and O–H groups in total. The number of rotatable bonds is 6.